The maximum absolute atomic E-state index is 13.3. The molecule has 6 rings (SSSR count). The van der Waals surface area contributed by atoms with Crippen molar-refractivity contribution in [3.8, 4) is 0 Å². The van der Waals surface area contributed by atoms with Gasteiger partial charge in [0.1, 0.15) is 6.61 Å². The third-order valence-corrected chi connectivity index (χ3v) is 8.51. The van der Waals surface area contributed by atoms with Gasteiger partial charge in [-0.15, -0.1) is 0 Å². The molecule has 5 nitrogen and oxygen atoms in total. The Morgan fingerprint density at radius 2 is 1.56 bits per heavy atom. The molecule has 5 heteroatoms. The molecule has 1 saturated heterocycles. The summed E-state index contributed by atoms with van der Waals surface area (Å²) in [6.07, 6.45) is 4.26. The summed E-state index contributed by atoms with van der Waals surface area (Å²) in [4.78, 5) is 30.4. The Labute approximate surface area is 231 Å². The minimum atomic E-state index is -0.273. The second kappa shape index (κ2) is 11.6. The van der Waals surface area contributed by atoms with Crippen molar-refractivity contribution in [1.29, 1.82) is 0 Å². The molecule has 1 amide bonds. The molecular formula is C34H36N2O3. The number of piperidine rings is 1. The molecule has 3 aromatic carbocycles. The van der Waals surface area contributed by atoms with Crippen molar-refractivity contribution < 1.29 is 14.3 Å². The minimum Gasteiger partial charge on any atom is -0.445 e. The maximum Gasteiger partial charge on any atom is 0.410 e. The van der Waals surface area contributed by atoms with E-state index in [1.54, 1.807) is 4.90 Å². The lowest BCUT2D eigenvalue weighted by Gasteiger charge is -2.31. The first-order valence-corrected chi connectivity index (χ1v) is 14.2. The van der Waals surface area contributed by atoms with Gasteiger partial charge < -0.3 is 9.64 Å². The molecule has 3 aliphatic rings. The van der Waals surface area contributed by atoms with E-state index in [-0.39, 0.29) is 18.5 Å². The monoisotopic (exact) mass is 520 g/mol. The number of hydrogen-bond acceptors (Lipinski definition) is 4. The highest BCUT2D eigenvalue weighted by molar-refractivity contribution is 5.98. The Bertz CT molecular complexity index is 1360. The van der Waals surface area contributed by atoms with E-state index < -0.39 is 0 Å². The number of carbonyl (C=O) groups is 2. The van der Waals surface area contributed by atoms with E-state index in [1.807, 2.05) is 36.4 Å². The number of carbonyl (C=O) groups excluding carboxylic acids is 2. The van der Waals surface area contributed by atoms with Crippen LogP contribution in [0.15, 0.2) is 84.4 Å². The summed E-state index contributed by atoms with van der Waals surface area (Å²) in [6, 6.07) is 26.6. The summed E-state index contributed by atoms with van der Waals surface area (Å²) in [5.74, 6) is 0.681. The Balaban J connectivity index is 1.04. The number of nitrogens with zero attached hydrogens (tertiary/aromatic N) is 2. The summed E-state index contributed by atoms with van der Waals surface area (Å²) >= 11 is 0. The van der Waals surface area contributed by atoms with Crippen LogP contribution in [0, 0.1) is 5.92 Å². The smallest absolute Gasteiger partial charge is 0.410 e. The van der Waals surface area contributed by atoms with Crippen molar-refractivity contribution >= 4 is 17.4 Å². The molecule has 1 aliphatic carbocycles. The van der Waals surface area contributed by atoms with E-state index >= 15 is 0 Å². The number of hydrogen-bond donors (Lipinski definition) is 0. The largest absolute Gasteiger partial charge is 0.445 e. The van der Waals surface area contributed by atoms with Crippen LogP contribution in [0.3, 0.4) is 0 Å². The molecule has 39 heavy (non-hydrogen) atoms. The molecule has 2 heterocycles. The quantitative estimate of drug-likeness (QED) is 0.333. The third kappa shape index (κ3) is 5.99. The molecular weight excluding hydrogens is 484 g/mol. The predicted octanol–water partition coefficient (Wildman–Crippen LogP) is 6.52. The Kier molecular flexibility index (Phi) is 7.60. The molecule has 0 spiro atoms. The topological polar surface area (TPSA) is 49.9 Å². The highest BCUT2D eigenvalue weighted by Gasteiger charge is 2.31. The SMILES string of the molecule is O=C(CC1CCN(Cc2ccccc2)CC1)c1ccc2c(c1)C1=C(CCN(C(=O)OCc3ccccc3)C1)C2. The second-order valence-electron chi connectivity index (χ2n) is 11.2. The number of Topliss-reactive ketones (excluding diaryl/α,β-unsaturated/α-hetero) is 1. The van der Waals surface area contributed by atoms with E-state index in [2.05, 4.69) is 47.4 Å². The number of benzene rings is 3. The van der Waals surface area contributed by atoms with Crippen LogP contribution < -0.4 is 0 Å². The number of ether oxygens (including phenoxy) is 1. The summed E-state index contributed by atoms with van der Waals surface area (Å²) in [7, 11) is 0. The molecule has 0 atom stereocenters. The standard InChI is InChI=1S/C34H36N2O3/c37-33(19-25-13-16-35(17-14-25)22-26-7-3-1-4-8-26)30-12-11-28-20-29-15-18-36(23-32(29)31(28)21-30)34(38)39-24-27-9-5-2-6-10-27/h1-12,21,25H,13-20,22-24H2. The lowest BCUT2D eigenvalue weighted by atomic mass is 9.88. The van der Waals surface area contributed by atoms with Crippen LogP contribution in [-0.2, 0) is 24.3 Å². The van der Waals surface area contributed by atoms with Crippen molar-refractivity contribution in [3.05, 3.63) is 112 Å². The zero-order valence-corrected chi connectivity index (χ0v) is 22.5. The predicted molar refractivity (Wildman–Crippen MR) is 153 cm³/mol. The molecule has 0 radical (unpaired) electrons. The van der Waals surface area contributed by atoms with Crippen molar-refractivity contribution in [2.24, 2.45) is 5.92 Å². The Hall–Kier alpha value is -3.70. The molecule has 3 aromatic rings. The van der Waals surface area contributed by atoms with Crippen molar-refractivity contribution in [2.45, 2.75) is 45.3 Å². The zero-order chi connectivity index (χ0) is 26.6. The van der Waals surface area contributed by atoms with E-state index in [0.717, 1.165) is 62.0 Å². The zero-order valence-electron chi connectivity index (χ0n) is 22.5. The van der Waals surface area contributed by atoms with Crippen LogP contribution in [-0.4, -0.2) is 47.9 Å². The van der Waals surface area contributed by atoms with Crippen LogP contribution in [0.2, 0.25) is 0 Å². The molecule has 1 fully saturated rings. The van der Waals surface area contributed by atoms with Gasteiger partial charge in [-0.1, -0.05) is 78.4 Å². The lowest BCUT2D eigenvalue weighted by molar-refractivity contribution is 0.0924. The van der Waals surface area contributed by atoms with Gasteiger partial charge in [0.05, 0.1) is 0 Å². The van der Waals surface area contributed by atoms with Gasteiger partial charge >= 0.3 is 6.09 Å². The average molecular weight is 521 g/mol. The van der Waals surface area contributed by atoms with Gasteiger partial charge in [-0.25, -0.2) is 4.79 Å². The molecule has 0 saturated carbocycles. The summed E-state index contributed by atoms with van der Waals surface area (Å²) in [6.45, 7) is 4.58. The van der Waals surface area contributed by atoms with Gasteiger partial charge in [-0.05, 0) is 78.6 Å². The molecule has 0 aromatic heterocycles. The van der Waals surface area contributed by atoms with E-state index in [0.29, 0.717) is 25.4 Å². The van der Waals surface area contributed by atoms with Crippen LogP contribution in [0.4, 0.5) is 4.79 Å². The van der Waals surface area contributed by atoms with Crippen molar-refractivity contribution in [1.82, 2.24) is 9.80 Å². The van der Waals surface area contributed by atoms with E-state index in [1.165, 1.54) is 22.3 Å². The number of ketones is 1. The highest BCUT2D eigenvalue weighted by atomic mass is 16.6. The summed E-state index contributed by atoms with van der Waals surface area (Å²) in [5, 5.41) is 0. The van der Waals surface area contributed by atoms with Crippen LogP contribution >= 0.6 is 0 Å². The first-order chi connectivity index (χ1) is 19.1. The van der Waals surface area contributed by atoms with Gasteiger partial charge in [0.2, 0.25) is 0 Å². The summed E-state index contributed by atoms with van der Waals surface area (Å²) < 4.78 is 5.60. The molecule has 2 aliphatic heterocycles. The van der Waals surface area contributed by atoms with E-state index in [9.17, 15) is 9.59 Å². The number of fused-ring (bicyclic) bond motifs is 2. The average Bonchev–Trinajstić information content (AvgIpc) is 3.35. The Morgan fingerprint density at radius 3 is 2.31 bits per heavy atom. The van der Waals surface area contributed by atoms with Crippen LogP contribution in [0.5, 0.6) is 0 Å². The van der Waals surface area contributed by atoms with Crippen molar-refractivity contribution in [3.63, 3.8) is 0 Å². The van der Waals surface area contributed by atoms with Crippen LogP contribution in [0.1, 0.15) is 58.3 Å². The first-order valence-electron chi connectivity index (χ1n) is 14.2. The van der Waals surface area contributed by atoms with E-state index in [4.69, 9.17) is 4.74 Å². The van der Waals surface area contributed by atoms with Gasteiger partial charge in [0.25, 0.3) is 0 Å². The van der Waals surface area contributed by atoms with Crippen LogP contribution in [0.25, 0.3) is 5.57 Å². The number of likely N-dealkylation sites (tertiary alicyclic amines) is 1. The molecule has 0 unspecified atom stereocenters. The number of amides is 1. The second-order valence-corrected chi connectivity index (χ2v) is 11.2. The highest BCUT2D eigenvalue weighted by Crippen LogP contribution is 2.38. The molecule has 0 bridgehead atoms. The maximum atomic E-state index is 13.3. The first kappa shape index (κ1) is 25.6. The molecule has 200 valence electrons. The van der Waals surface area contributed by atoms with Gasteiger partial charge in [0.15, 0.2) is 5.78 Å². The summed E-state index contributed by atoms with van der Waals surface area (Å²) in [5.41, 5.74) is 8.16. The van der Waals surface area contributed by atoms with Gasteiger partial charge in [0, 0.05) is 31.6 Å². The Morgan fingerprint density at radius 1 is 0.846 bits per heavy atom. The lowest BCUT2D eigenvalue weighted by Crippen LogP contribution is -2.36. The fraction of sp³-hybridized carbons (Fsp3) is 0.353. The molecule has 0 N–H and O–H groups in total. The fourth-order valence-electron chi connectivity index (χ4n) is 6.22. The minimum absolute atomic E-state index is 0.239. The van der Waals surface area contributed by atoms with Crippen molar-refractivity contribution in [2.75, 3.05) is 26.2 Å². The fourth-order valence-corrected chi connectivity index (χ4v) is 6.22. The third-order valence-electron chi connectivity index (χ3n) is 8.51. The normalized spacial score (nSPS) is 17.6. The van der Waals surface area contributed by atoms with Gasteiger partial charge in [-0.2, -0.15) is 0 Å². The van der Waals surface area contributed by atoms with Gasteiger partial charge in [-0.3, -0.25) is 9.69 Å². The number of rotatable bonds is 7.